The van der Waals surface area contributed by atoms with Gasteiger partial charge in [-0.1, -0.05) is 41.6 Å². The zero-order chi connectivity index (χ0) is 18.2. The smallest absolute Gasteiger partial charge is 0.254 e. The summed E-state index contributed by atoms with van der Waals surface area (Å²) in [5.74, 6) is 1.05. The third-order valence-corrected chi connectivity index (χ3v) is 5.07. The average Bonchev–Trinajstić information content (AvgIpc) is 3.47. The molecule has 1 saturated heterocycles. The van der Waals surface area contributed by atoms with Crippen LogP contribution in [-0.4, -0.2) is 32.5 Å². The number of nitrogens with zero attached hydrogens (tertiary/aromatic N) is 3. The third-order valence-electron chi connectivity index (χ3n) is 5.07. The molecule has 2 aromatic heterocycles. The molecule has 4 aromatic rings. The maximum absolute atomic E-state index is 13.1. The third kappa shape index (κ3) is 2.79. The number of H-pyrrole nitrogens is 1. The molecule has 1 aliphatic heterocycles. The maximum atomic E-state index is 13.1. The van der Waals surface area contributed by atoms with Gasteiger partial charge in [0.1, 0.15) is 6.04 Å². The first-order valence-electron chi connectivity index (χ1n) is 9.07. The molecule has 0 bridgehead atoms. The number of hydrogen-bond donors (Lipinski definition) is 1. The summed E-state index contributed by atoms with van der Waals surface area (Å²) in [5, 5.41) is 5.19. The highest BCUT2D eigenvalue weighted by Gasteiger charge is 2.34. The number of likely N-dealkylation sites (tertiary alicyclic amines) is 1. The number of carbonyl (C=O) groups is 1. The fourth-order valence-electron chi connectivity index (χ4n) is 3.69. The Bertz CT molecular complexity index is 1100. The van der Waals surface area contributed by atoms with E-state index in [4.69, 9.17) is 4.52 Å². The summed E-state index contributed by atoms with van der Waals surface area (Å²) in [7, 11) is 0. The summed E-state index contributed by atoms with van der Waals surface area (Å²) >= 11 is 0. The lowest BCUT2D eigenvalue weighted by Crippen LogP contribution is -2.30. The summed E-state index contributed by atoms with van der Waals surface area (Å²) < 4.78 is 5.52. The van der Waals surface area contributed by atoms with Crippen molar-refractivity contribution < 1.29 is 9.32 Å². The van der Waals surface area contributed by atoms with Crippen molar-refractivity contribution in [2.45, 2.75) is 18.9 Å². The van der Waals surface area contributed by atoms with E-state index in [0.717, 1.165) is 29.3 Å². The summed E-state index contributed by atoms with van der Waals surface area (Å²) in [5.41, 5.74) is 2.53. The van der Waals surface area contributed by atoms with Gasteiger partial charge in [0.15, 0.2) is 0 Å². The second-order valence-corrected chi connectivity index (χ2v) is 6.76. The van der Waals surface area contributed by atoms with Gasteiger partial charge in [0, 0.05) is 29.4 Å². The Hall–Kier alpha value is -3.41. The number of fused-ring (bicyclic) bond motifs is 1. The molecule has 6 nitrogen and oxygen atoms in total. The Morgan fingerprint density at radius 3 is 2.93 bits per heavy atom. The highest BCUT2D eigenvalue weighted by molar-refractivity contribution is 5.98. The van der Waals surface area contributed by atoms with E-state index < -0.39 is 0 Å². The molecule has 1 fully saturated rings. The van der Waals surface area contributed by atoms with Gasteiger partial charge in [-0.3, -0.25) is 4.79 Å². The van der Waals surface area contributed by atoms with Crippen LogP contribution in [-0.2, 0) is 0 Å². The Labute approximate surface area is 155 Å². The molecule has 3 heterocycles. The fraction of sp³-hybridized carbons (Fsp3) is 0.190. The van der Waals surface area contributed by atoms with E-state index in [0.29, 0.717) is 23.8 Å². The minimum absolute atomic E-state index is 0.00605. The molecule has 0 radical (unpaired) electrons. The van der Waals surface area contributed by atoms with E-state index in [1.807, 2.05) is 65.7 Å². The quantitative estimate of drug-likeness (QED) is 0.596. The highest BCUT2D eigenvalue weighted by Crippen LogP contribution is 2.33. The molecular formula is C21H18N4O2. The zero-order valence-corrected chi connectivity index (χ0v) is 14.6. The summed E-state index contributed by atoms with van der Waals surface area (Å²) in [4.78, 5) is 22.6. The molecule has 1 atom stereocenters. The van der Waals surface area contributed by atoms with Gasteiger partial charge in [0.05, 0.1) is 0 Å². The number of amides is 1. The van der Waals surface area contributed by atoms with Crippen LogP contribution < -0.4 is 0 Å². The number of rotatable bonds is 3. The van der Waals surface area contributed by atoms with Crippen LogP contribution in [0.15, 0.2) is 65.3 Å². The molecule has 2 aromatic carbocycles. The van der Waals surface area contributed by atoms with Crippen molar-refractivity contribution >= 4 is 16.8 Å². The Morgan fingerprint density at radius 2 is 2.04 bits per heavy atom. The monoisotopic (exact) mass is 358 g/mol. The zero-order valence-electron chi connectivity index (χ0n) is 14.6. The van der Waals surface area contributed by atoms with Crippen LogP contribution >= 0.6 is 0 Å². The molecule has 5 rings (SSSR count). The van der Waals surface area contributed by atoms with Crippen LogP contribution in [0.2, 0.25) is 0 Å². The normalized spacial score (nSPS) is 16.9. The topological polar surface area (TPSA) is 75.0 Å². The maximum Gasteiger partial charge on any atom is 0.254 e. The molecule has 1 aliphatic rings. The van der Waals surface area contributed by atoms with Gasteiger partial charge in [0.2, 0.25) is 11.7 Å². The number of aromatic nitrogens is 3. The highest BCUT2D eigenvalue weighted by atomic mass is 16.5. The number of benzene rings is 2. The molecule has 0 unspecified atom stereocenters. The van der Waals surface area contributed by atoms with E-state index in [2.05, 4.69) is 15.1 Å². The number of hydrogen-bond acceptors (Lipinski definition) is 4. The second-order valence-electron chi connectivity index (χ2n) is 6.76. The number of nitrogens with one attached hydrogen (secondary N) is 1. The minimum atomic E-state index is -0.179. The Kier molecular flexibility index (Phi) is 3.74. The van der Waals surface area contributed by atoms with Crippen molar-refractivity contribution in [1.82, 2.24) is 20.0 Å². The lowest BCUT2D eigenvalue weighted by molar-refractivity contribution is 0.0710. The SMILES string of the molecule is O=C(c1ccc2cc[nH]c2c1)N1CCC[C@H]1c1nc(-c2ccccc2)no1. The van der Waals surface area contributed by atoms with Crippen molar-refractivity contribution in [3.8, 4) is 11.4 Å². The van der Waals surface area contributed by atoms with Gasteiger partial charge >= 0.3 is 0 Å². The molecule has 27 heavy (non-hydrogen) atoms. The van der Waals surface area contributed by atoms with Crippen LogP contribution in [0.25, 0.3) is 22.3 Å². The van der Waals surface area contributed by atoms with E-state index in [1.54, 1.807) is 0 Å². The lowest BCUT2D eigenvalue weighted by Gasteiger charge is -2.22. The van der Waals surface area contributed by atoms with Crippen LogP contribution in [0.5, 0.6) is 0 Å². The minimum Gasteiger partial charge on any atom is -0.361 e. The van der Waals surface area contributed by atoms with E-state index in [-0.39, 0.29) is 11.9 Å². The molecule has 1 amide bonds. The van der Waals surface area contributed by atoms with Crippen LogP contribution in [0.3, 0.4) is 0 Å². The molecule has 134 valence electrons. The average molecular weight is 358 g/mol. The molecule has 1 N–H and O–H groups in total. The van der Waals surface area contributed by atoms with Gasteiger partial charge < -0.3 is 14.4 Å². The molecular weight excluding hydrogens is 340 g/mol. The number of aromatic amines is 1. The summed E-state index contributed by atoms with van der Waals surface area (Å²) in [6, 6.07) is 17.3. The van der Waals surface area contributed by atoms with Crippen LogP contribution in [0.4, 0.5) is 0 Å². The van der Waals surface area contributed by atoms with Crippen molar-refractivity contribution in [2.75, 3.05) is 6.54 Å². The first-order valence-corrected chi connectivity index (χ1v) is 9.07. The summed E-state index contributed by atoms with van der Waals surface area (Å²) in [6.45, 7) is 0.690. The van der Waals surface area contributed by atoms with Gasteiger partial charge in [0.25, 0.3) is 5.91 Å². The van der Waals surface area contributed by atoms with Crippen molar-refractivity contribution in [2.24, 2.45) is 0 Å². The molecule has 0 saturated carbocycles. The van der Waals surface area contributed by atoms with Crippen molar-refractivity contribution in [1.29, 1.82) is 0 Å². The van der Waals surface area contributed by atoms with Gasteiger partial charge in [-0.2, -0.15) is 4.98 Å². The van der Waals surface area contributed by atoms with E-state index in [1.165, 1.54) is 0 Å². The first-order chi connectivity index (χ1) is 13.3. The van der Waals surface area contributed by atoms with E-state index in [9.17, 15) is 4.79 Å². The fourth-order valence-corrected chi connectivity index (χ4v) is 3.69. The Balaban J connectivity index is 1.43. The molecule has 0 spiro atoms. The van der Waals surface area contributed by atoms with Crippen LogP contribution in [0.1, 0.15) is 35.1 Å². The summed E-state index contributed by atoms with van der Waals surface area (Å²) in [6.07, 6.45) is 3.62. The largest absolute Gasteiger partial charge is 0.361 e. The van der Waals surface area contributed by atoms with E-state index >= 15 is 0 Å². The van der Waals surface area contributed by atoms with Crippen molar-refractivity contribution in [3.05, 3.63) is 72.2 Å². The van der Waals surface area contributed by atoms with Crippen molar-refractivity contribution in [3.63, 3.8) is 0 Å². The van der Waals surface area contributed by atoms with Gasteiger partial charge in [-0.05, 0) is 36.4 Å². The second kappa shape index (κ2) is 6.39. The Morgan fingerprint density at radius 1 is 1.15 bits per heavy atom. The lowest BCUT2D eigenvalue weighted by atomic mass is 10.1. The predicted molar refractivity (Wildman–Crippen MR) is 101 cm³/mol. The first kappa shape index (κ1) is 15.8. The predicted octanol–water partition coefficient (Wildman–Crippen LogP) is 4.20. The van der Waals surface area contributed by atoms with Gasteiger partial charge in [-0.25, -0.2) is 0 Å². The standard InChI is InChI=1S/C21H18N4O2/c26-21(16-9-8-14-10-11-22-17(14)13-16)25-12-4-7-18(25)20-23-19(24-27-20)15-5-2-1-3-6-15/h1-3,5-6,8-11,13,18,22H,4,7,12H2/t18-/m0/s1. The van der Waals surface area contributed by atoms with Crippen LogP contribution in [0, 0.1) is 0 Å². The number of carbonyl (C=O) groups excluding carboxylic acids is 1. The molecule has 0 aliphatic carbocycles. The molecule has 6 heteroatoms. The van der Waals surface area contributed by atoms with Gasteiger partial charge in [-0.15, -0.1) is 0 Å².